The van der Waals surface area contributed by atoms with Crippen molar-refractivity contribution < 1.29 is 5.11 Å². The summed E-state index contributed by atoms with van der Waals surface area (Å²) >= 11 is 0. The number of aromatic amines is 1. The topological polar surface area (TPSA) is 48.9 Å². The van der Waals surface area contributed by atoms with E-state index in [1.54, 1.807) is 12.5 Å². The molecule has 0 aliphatic heterocycles. The fraction of sp³-hybridized carbons (Fsp3) is 0.400. The molecular formula is C15H20N2O. The van der Waals surface area contributed by atoms with Crippen LogP contribution in [0.15, 0.2) is 24.7 Å². The van der Waals surface area contributed by atoms with Crippen molar-refractivity contribution in [2.75, 3.05) is 0 Å². The quantitative estimate of drug-likeness (QED) is 0.868. The molecule has 0 amide bonds. The van der Waals surface area contributed by atoms with Crippen molar-refractivity contribution in [3.8, 4) is 0 Å². The molecule has 3 heteroatoms. The molecule has 0 saturated carbocycles. The van der Waals surface area contributed by atoms with Gasteiger partial charge in [0.1, 0.15) is 0 Å². The standard InChI is InChI=1S/C15H20N2O/c1-10-4-5-13(12(3)11(10)2)6-7-15(18)14-8-16-9-17-14/h4-5,8-9,15,18H,6-7H2,1-3H3,(H,16,17). The molecule has 1 heterocycles. The average Bonchev–Trinajstić information content (AvgIpc) is 2.89. The summed E-state index contributed by atoms with van der Waals surface area (Å²) in [6, 6.07) is 4.32. The number of nitrogens with one attached hydrogen (secondary N) is 1. The zero-order chi connectivity index (χ0) is 13.1. The number of aliphatic hydroxyl groups excluding tert-OH is 1. The summed E-state index contributed by atoms with van der Waals surface area (Å²) in [5.74, 6) is 0. The molecule has 0 aliphatic rings. The van der Waals surface area contributed by atoms with E-state index in [-0.39, 0.29) is 0 Å². The molecule has 1 aromatic heterocycles. The van der Waals surface area contributed by atoms with Crippen LogP contribution < -0.4 is 0 Å². The van der Waals surface area contributed by atoms with Crippen LogP contribution in [0.4, 0.5) is 0 Å². The first-order valence-corrected chi connectivity index (χ1v) is 6.31. The Morgan fingerprint density at radius 3 is 2.67 bits per heavy atom. The molecule has 2 N–H and O–H groups in total. The number of imidazole rings is 1. The van der Waals surface area contributed by atoms with Gasteiger partial charge >= 0.3 is 0 Å². The predicted octanol–water partition coefficient (Wildman–Crippen LogP) is 3.00. The Morgan fingerprint density at radius 1 is 1.22 bits per heavy atom. The molecule has 0 spiro atoms. The molecule has 1 atom stereocenters. The zero-order valence-electron chi connectivity index (χ0n) is 11.2. The Labute approximate surface area is 108 Å². The van der Waals surface area contributed by atoms with Crippen LogP contribution in [0.2, 0.25) is 0 Å². The lowest BCUT2D eigenvalue weighted by Crippen LogP contribution is -2.02. The summed E-state index contributed by atoms with van der Waals surface area (Å²) in [5, 5.41) is 10.0. The lowest BCUT2D eigenvalue weighted by molar-refractivity contribution is 0.163. The molecular weight excluding hydrogens is 224 g/mol. The molecule has 2 rings (SSSR count). The van der Waals surface area contributed by atoms with E-state index in [1.807, 2.05) is 0 Å². The van der Waals surface area contributed by atoms with Crippen molar-refractivity contribution in [1.82, 2.24) is 9.97 Å². The Morgan fingerprint density at radius 2 is 2.00 bits per heavy atom. The third-order valence-electron chi connectivity index (χ3n) is 3.74. The smallest absolute Gasteiger partial charge is 0.0956 e. The summed E-state index contributed by atoms with van der Waals surface area (Å²) in [6.07, 6.45) is 4.41. The number of hydrogen-bond acceptors (Lipinski definition) is 2. The number of benzene rings is 1. The van der Waals surface area contributed by atoms with Crippen LogP contribution in [-0.4, -0.2) is 15.1 Å². The molecule has 0 bridgehead atoms. The minimum absolute atomic E-state index is 0.464. The van der Waals surface area contributed by atoms with E-state index in [0.29, 0.717) is 6.42 Å². The number of H-pyrrole nitrogens is 1. The van der Waals surface area contributed by atoms with Crippen molar-refractivity contribution in [2.45, 2.75) is 39.7 Å². The maximum absolute atomic E-state index is 10.0. The fourth-order valence-corrected chi connectivity index (χ4v) is 2.18. The predicted molar refractivity (Wildman–Crippen MR) is 72.5 cm³/mol. The van der Waals surface area contributed by atoms with E-state index in [4.69, 9.17) is 0 Å². The Hall–Kier alpha value is -1.61. The SMILES string of the molecule is Cc1ccc(CCC(O)c2cnc[nH]2)c(C)c1C. The van der Waals surface area contributed by atoms with E-state index in [0.717, 1.165) is 12.1 Å². The molecule has 3 nitrogen and oxygen atoms in total. The Kier molecular flexibility index (Phi) is 3.82. The van der Waals surface area contributed by atoms with Crippen LogP contribution in [0.1, 0.15) is 40.5 Å². The van der Waals surface area contributed by atoms with E-state index in [9.17, 15) is 5.11 Å². The second-order valence-electron chi connectivity index (χ2n) is 4.85. The highest BCUT2D eigenvalue weighted by molar-refractivity contribution is 5.38. The summed E-state index contributed by atoms with van der Waals surface area (Å²) in [6.45, 7) is 6.44. The monoisotopic (exact) mass is 244 g/mol. The van der Waals surface area contributed by atoms with Gasteiger partial charge in [-0.15, -0.1) is 0 Å². The first-order chi connectivity index (χ1) is 8.59. The maximum Gasteiger partial charge on any atom is 0.0956 e. The second kappa shape index (κ2) is 5.36. The molecule has 0 saturated heterocycles. The maximum atomic E-state index is 10.0. The van der Waals surface area contributed by atoms with Gasteiger partial charge in [0.15, 0.2) is 0 Å². The Balaban J connectivity index is 2.05. The Bertz CT molecular complexity index is 518. The lowest BCUT2D eigenvalue weighted by atomic mass is 9.95. The molecule has 18 heavy (non-hydrogen) atoms. The van der Waals surface area contributed by atoms with Gasteiger partial charge in [-0.1, -0.05) is 12.1 Å². The number of hydrogen-bond donors (Lipinski definition) is 2. The van der Waals surface area contributed by atoms with Gasteiger partial charge in [-0.3, -0.25) is 0 Å². The third kappa shape index (κ3) is 2.62. The zero-order valence-corrected chi connectivity index (χ0v) is 11.2. The van der Waals surface area contributed by atoms with Gasteiger partial charge in [0, 0.05) is 0 Å². The van der Waals surface area contributed by atoms with Gasteiger partial charge in [-0.2, -0.15) is 0 Å². The minimum atomic E-state index is -0.464. The number of aliphatic hydroxyl groups is 1. The molecule has 1 aromatic carbocycles. The average molecular weight is 244 g/mol. The van der Waals surface area contributed by atoms with Crippen molar-refractivity contribution in [3.05, 3.63) is 52.6 Å². The summed E-state index contributed by atoms with van der Waals surface area (Å²) < 4.78 is 0. The molecule has 0 fully saturated rings. The molecule has 1 unspecified atom stereocenters. The van der Waals surface area contributed by atoms with Crippen LogP contribution in [-0.2, 0) is 6.42 Å². The molecule has 2 aromatic rings. The van der Waals surface area contributed by atoms with Gasteiger partial charge < -0.3 is 10.1 Å². The molecule has 96 valence electrons. The van der Waals surface area contributed by atoms with Crippen LogP contribution in [0, 0.1) is 20.8 Å². The van der Waals surface area contributed by atoms with Crippen LogP contribution >= 0.6 is 0 Å². The number of rotatable bonds is 4. The summed E-state index contributed by atoms with van der Waals surface area (Å²) in [5.41, 5.74) is 6.12. The van der Waals surface area contributed by atoms with Crippen molar-refractivity contribution in [3.63, 3.8) is 0 Å². The highest BCUT2D eigenvalue weighted by Gasteiger charge is 2.10. The van der Waals surface area contributed by atoms with E-state index in [1.165, 1.54) is 22.3 Å². The van der Waals surface area contributed by atoms with Crippen LogP contribution in [0.25, 0.3) is 0 Å². The number of aromatic nitrogens is 2. The van der Waals surface area contributed by atoms with Crippen LogP contribution in [0.3, 0.4) is 0 Å². The summed E-state index contributed by atoms with van der Waals surface area (Å²) in [7, 11) is 0. The first-order valence-electron chi connectivity index (χ1n) is 6.31. The van der Waals surface area contributed by atoms with E-state index in [2.05, 4.69) is 42.9 Å². The summed E-state index contributed by atoms with van der Waals surface area (Å²) in [4.78, 5) is 6.87. The minimum Gasteiger partial charge on any atom is -0.387 e. The van der Waals surface area contributed by atoms with Gasteiger partial charge in [-0.25, -0.2) is 4.98 Å². The number of nitrogens with zero attached hydrogens (tertiary/aromatic N) is 1. The highest BCUT2D eigenvalue weighted by Crippen LogP contribution is 2.22. The molecule has 0 aliphatic carbocycles. The fourth-order valence-electron chi connectivity index (χ4n) is 2.18. The first kappa shape index (κ1) is 12.8. The molecule has 0 radical (unpaired) electrons. The van der Waals surface area contributed by atoms with Crippen molar-refractivity contribution in [1.29, 1.82) is 0 Å². The highest BCUT2D eigenvalue weighted by atomic mass is 16.3. The van der Waals surface area contributed by atoms with Crippen molar-refractivity contribution in [2.24, 2.45) is 0 Å². The van der Waals surface area contributed by atoms with Gasteiger partial charge in [0.05, 0.1) is 24.3 Å². The van der Waals surface area contributed by atoms with Gasteiger partial charge in [0.25, 0.3) is 0 Å². The largest absolute Gasteiger partial charge is 0.387 e. The third-order valence-corrected chi connectivity index (χ3v) is 3.74. The normalized spacial score (nSPS) is 12.7. The van der Waals surface area contributed by atoms with Crippen LogP contribution in [0.5, 0.6) is 0 Å². The van der Waals surface area contributed by atoms with E-state index >= 15 is 0 Å². The van der Waals surface area contributed by atoms with Gasteiger partial charge in [-0.05, 0) is 55.9 Å². The lowest BCUT2D eigenvalue weighted by Gasteiger charge is -2.13. The second-order valence-corrected chi connectivity index (χ2v) is 4.85. The number of aryl methyl sites for hydroxylation is 2. The van der Waals surface area contributed by atoms with Gasteiger partial charge in [0.2, 0.25) is 0 Å². The van der Waals surface area contributed by atoms with E-state index < -0.39 is 6.10 Å². The van der Waals surface area contributed by atoms with Crippen molar-refractivity contribution >= 4 is 0 Å².